The Bertz CT molecular complexity index is 371. The molecule has 0 radical (unpaired) electrons. The van der Waals surface area contributed by atoms with Gasteiger partial charge in [-0.1, -0.05) is 19.1 Å². The second-order valence-electron chi connectivity index (χ2n) is 2.51. The summed E-state index contributed by atoms with van der Waals surface area (Å²) in [5.41, 5.74) is 1.07. The molecule has 0 amide bonds. The Kier molecular flexibility index (Phi) is 4.55. The van der Waals surface area contributed by atoms with Crippen molar-refractivity contribution in [3.8, 4) is 5.75 Å². The summed E-state index contributed by atoms with van der Waals surface area (Å²) in [7, 11) is -4.40. The van der Waals surface area contributed by atoms with Crippen molar-refractivity contribution in [1.82, 2.24) is 6.15 Å². The smallest absolute Gasteiger partial charge is 0.362 e. The van der Waals surface area contributed by atoms with Crippen LogP contribution in [0.15, 0.2) is 24.3 Å². The van der Waals surface area contributed by atoms with E-state index in [-0.39, 0.29) is 11.9 Å². The fraction of sp³-hybridized carbons (Fsp3) is 0.250. The summed E-state index contributed by atoms with van der Waals surface area (Å²) in [6, 6.07) is 6.46. The van der Waals surface area contributed by atoms with Gasteiger partial charge in [0.05, 0.1) is 0 Å². The van der Waals surface area contributed by atoms with E-state index >= 15 is 0 Å². The maximum Gasteiger partial charge on any atom is 0.446 e. The van der Waals surface area contributed by atoms with Gasteiger partial charge in [0.1, 0.15) is 5.75 Å². The van der Waals surface area contributed by atoms with Crippen LogP contribution >= 0.6 is 0 Å². The molecule has 0 aliphatic heterocycles. The molecule has 4 N–H and O–H groups in total. The lowest BCUT2D eigenvalue weighted by Gasteiger charge is -2.01. The van der Waals surface area contributed by atoms with E-state index in [0.717, 1.165) is 12.0 Å². The van der Waals surface area contributed by atoms with Crippen molar-refractivity contribution in [3.05, 3.63) is 29.8 Å². The summed E-state index contributed by atoms with van der Waals surface area (Å²) < 4.78 is 33.2. The number of hydrogen-bond donors (Lipinski definition) is 2. The molecule has 14 heavy (non-hydrogen) atoms. The minimum atomic E-state index is -4.40. The predicted molar refractivity (Wildman–Crippen MR) is 53.0 cm³/mol. The standard InChI is InChI=1S/C8H10O4S.H3N/c1-2-7-3-5-8(6-4-7)12-13(9,10)11;/h3-6H,2H2,1H3,(H,9,10,11);1H3. The van der Waals surface area contributed by atoms with Crippen LogP contribution in [0.4, 0.5) is 0 Å². The summed E-state index contributed by atoms with van der Waals surface area (Å²) in [4.78, 5) is 0. The molecule has 0 aliphatic rings. The van der Waals surface area contributed by atoms with E-state index in [1.165, 1.54) is 12.1 Å². The first kappa shape index (κ1) is 12.9. The van der Waals surface area contributed by atoms with Gasteiger partial charge >= 0.3 is 10.4 Å². The molecule has 6 heteroatoms. The summed E-state index contributed by atoms with van der Waals surface area (Å²) >= 11 is 0. The van der Waals surface area contributed by atoms with E-state index in [1.54, 1.807) is 12.1 Å². The van der Waals surface area contributed by atoms with Crippen LogP contribution in [0.25, 0.3) is 0 Å². The summed E-state index contributed by atoms with van der Waals surface area (Å²) in [6.45, 7) is 1.98. The normalized spacial score (nSPS) is 10.4. The Morgan fingerprint density at radius 3 is 2.14 bits per heavy atom. The molecule has 80 valence electrons. The number of benzene rings is 1. The largest absolute Gasteiger partial charge is 0.446 e. The third-order valence-electron chi connectivity index (χ3n) is 1.53. The molecule has 0 fully saturated rings. The Labute approximate surface area is 83.2 Å². The second-order valence-corrected chi connectivity index (χ2v) is 3.53. The highest BCUT2D eigenvalue weighted by molar-refractivity contribution is 7.81. The first-order chi connectivity index (χ1) is 6.01. The number of hydrogen-bond acceptors (Lipinski definition) is 4. The number of aryl methyl sites for hydroxylation is 1. The quantitative estimate of drug-likeness (QED) is 0.752. The molecule has 0 atom stereocenters. The lowest BCUT2D eigenvalue weighted by Crippen LogP contribution is -2.06. The van der Waals surface area contributed by atoms with E-state index < -0.39 is 10.4 Å². The predicted octanol–water partition coefficient (Wildman–Crippen LogP) is 1.59. The van der Waals surface area contributed by atoms with Gasteiger partial charge in [-0.2, -0.15) is 8.42 Å². The van der Waals surface area contributed by atoms with Crippen LogP contribution in [-0.4, -0.2) is 13.0 Å². The van der Waals surface area contributed by atoms with Crippen LogP contribution in [0.1, 0.15) is 12.5 Å². The molecular formula is C8H13NO4S. The molecule has 0 aromatic heterocycles. The molecule has 0 saturated heterocycles. The molecule has 0 bridgehead atoms. The zero-order valence-corrected chi connectivity index (χ0v) is 8.62. The van der Waals surface area contributed by atoms with Crippen molar-refractivity contribution in [2.45, 2.75) is 13.3 Å². The van der Waals surface area contributed by atoms with E-state index in [4.69, 9.17) is 4.55 Å². The van der Waals surface area contributed by atoms with Gasteiger partial charge in [0, 0.05) is 0 Å². The van der Waals surface area contributed by atoms with Gasteiger partial charge in [0.15, 0.2) is 0 Å². The Balaban J connectivity index is 0.00000169. The molecule has 0 saturated carbocycles. The van der Waals surface area contributed by atoms with Crippen molar-refractivity contribution in [1.29, 1.82) is 0 Å². The van der Waals surface area contributed by atoms with Crippen LogP contribution < -0.4 is 10.3 Å². The van der Waals surface area contributed by atoms with Crippen LogP contribution in [0.5, 0.6) is 5.75 Å². The van der Waals surface area contributed by atoms with E-state index in [1.807, 2.05) is 6.92 Å². The van der Waals surface area contributed by atoms with E-state index in [0.29, 0.717) is 0 Å². The van der Waals surface area contributed by atoms with Crippen molar-refractivity contribution < 1.29 is 17.2 Å². The van der Waals surface area contributed by atoms with E-state index in [9.17, 15) is 8.42 Å². The zero-order valence-electron chi connectivity index (χ0n) is 7.80. The highest BCUT2D eigenvalue weighted by Crippen LogP contribution is 2.13. The van der Waals surface area contributed by atoms with Gasteiger partial charge in [-0.3, -0.25) is 4.55 Å². The van der Waals surface area contributed by atoms with Gasteiger partial charge in [-0.25, -0.2) is 0 Å². The second kappa shape index (κ2) is 4.94. The van der Waals surface area contributed by atoms with Crippen LogP contribution in [0.2, 0.25) is 0 Å². The first-order valence-corrected chi connectivity index (χ1v) is 5.13. The van der Waals surface area contributed by atoms with Gasteiger partial charge in [0.25, 0.3) is 0 Å². The van der Waals surface area contributed by atoms with Crippen LogP contribution in [0.3, 0.4) is 0 Å². The van der Waals surface area contributed by atoms with Crippen molar-refractivity contribution in [3.63, 3.8) is 0 Å². The minimum Gasteiger partial charge on any atom is -0.362 e. The topological polar surface area (TPSA) is 98.6 Å². The molecule has 1 rings (SSSR count). The lowest BCUT2D eigenvalue weighted by atomic mass is 10.2. The molecule has 5 nitrogen and oxygen atoms in total. The molecule has 0 aliphatic carbocycles. The van der Waals surface area contributed by atoms with Gasteiger partial charge in [-0.05, 0) is 24.1 Å². The Morgan fingerprint density at radius 1 is 1.29 bits per heavy atom. The summed E-state index contributed by atoms with van der Waals surface area (Å²) in [6.07, 6.45) is 0.867. The number of rotatable bonds is 3. The molecule has 1 aromatic carbocycles. The third-order valence-corrected chi connectivity index (χ3v) is 1.94. The van der Waals surface area contributed by atoms with Crippen LogP contribution in [0, 0.1) is 0 Å². The van der Waals surface area contributed by atoms with Gasteiger partial charge in [-0.15, -0.1) is 0 Å². The van der Waals surface area contributed by atoms with E-state index in [2.05, 4.69) is 4.18 Å². The SMILES string of the molecule is CCc1ccc(OS(=O)(=O)O)cc1.N. The molecular weight excluding hydrogens is 206 g/mol. The fourth-order valence-corrected chi connectivity index (χ4v) is 1.26. The van der Waals surface area contributed by atoms with Crippen LogP contribution in [-0.2, 0) is 16.8 Å². The highest BCUT2D eigenvalue weighted by Gasteiger charge is 2.05. The van der Waals surface area contributed by atoms with Gasteiger partial charge < -0.3 is 10.3 Å². The van der Waals surface area contributed by atoms with Gasteiger partial charge in [0.2, 0.25) is 0 Å². The summed E-state index contributed by atoms with van der Waals surface area (Å²) in [5.74, 6) is 0.111. The molecule has 0 unspecified atom stereocenters. The Morgan fingerprint density at radius 2 is 1.79 bits per heavy atom. The first-order valence-electron chi connectivity index (χ1n) is 3.77. The Hall–Kier alpha value is -1.11. The highest BCUT2D eigenvalue weighted by atomic mass is 32.3. The van der Waals surface area contributed by atoms with Crippen molar-refractivity contribution in [2.75, 3.05) is 0 Å². The third kappa shape index (κ3) is 4.22. The molecule has 0 spiro atoms. The fourth-order valence-electron chi connectivity index (χ4n) is 0.902. The average molecular weight is 219 g/mol. The lowest BCUT2D eigenvalue weighted by molar-refractivity contribution is 0.387. The maximum absolute atomic E-state index is 10.3. The minimum absolute atomic E-state index is 0. The zero-order chi connectivity index (χ0) is 9.90. The average Bonchev–Trinajstić information content (AvgIpc) is 2.03. The maximum atomic E-state index is 10.3. The van der Waals surface area contributed by atoms with Crippen molar-refractivity contribution >= 4 is 10.4 Å². The van der Waals surface area contributed by atoms with Crippen molar-refractivity contribution in [2.24, 2.45) is 0 Å². The molecule has 0 heterocycles. The molecule has 1 aromatic rings. The summed E-state index contributed by atoms with van der Waals surface area (Å²) in [5, 5.41) is 0. The monoisotopic (exact) mass is 219 g/mol.